The first-order valence-electron chi connectivity index (χ1n) is 34.1. The van der Waals surface area contributed by atoms with Gasteiger partial charge in [0.1, 0.15) is 0 Å². The van der Waals surface area contributed by atoms with Gasteiger partial charge in [-0.3, -0.25) is 9.59 Å². The number of hydrogen-bond donors (Lipinski definition) is 3. The van der Waals surface area contributed by atoms with Crippen molar-refractivity contribution >= 4 is 11.9 Å². The summed E-state index contributed by atoms with van der Waals surface area (Å²) in [6.45, 7) is 4.90. The van der Waals surface area contributed by atoms with Crippen LogP contribution >= 0.6 is 0 Å². The van der Waals surface area contributed by atoms with Gasteiger partial charge in [-0.1, -0.05) is 334 Å². The molecule has 0 aliphatic rings. The van der Waals surface area contributed by atoms with Gasteiger partial charge >= 0.3 is 5.97 Å². The van der Waals surface area contributed by atoms with Crippen molar-refractivity contribution < 1.29 is 24.5 Å². The molecule has 2 atom stereocenters. The molecule has 3 N–H and O–H groups in total. The molecule has 0 radical (unpaired) electrons. The number of carbonyl (C=O) groups excluding carboxylic acids is 2. The van der Waals surface area contributed by atoms with Crippen molar-refractivity contribution in [1.82, 2.24) is 5.32 Å². The topological polar surface area (TPSA) is 95.9 Å². The number of allylic oxidation sites excluding steroid dienone is 3. The Bertz CT molecular complexity index is 1170. The lowest BCUT2D eigenvalue weighted by molar-refractivity contribution is -0.143. The molecule has 0 saturated carbocycles. The molecule has 0 fully saturated rings. The average Bonchev–Trinajstić information content (AvgIpc) is 3.41. The number of aliphatic hydroxyl groups is 2. The molecular formula is C69H133NO5. The molecule has 0 bridgehead atoms. The van der Waals surface area contributed by atoms with Crippen molar-refractivity contribution in [2.75, 3.05) is 13.2 Å². The van der Waals surface area contributed by atoms with Crippen LogP contribution in [0.2, 0.25) is 0 Å². The van der Waals surface area contributed by atoms with Crippen LogP contribution in [0.3, 0.4) is 0 Å². The molecule has 0 spiro atoms. The van der Waals surface area contributed by atoms with Crippen LogP contribution in [0.4, 0.5) is 0 Å². The van der Waals surface area contributed by atoms with Crippen LogP contribution in [0.1, 0.15) is 380 Å². The number of ether oxygens (including phenoxy) is 1. The fourth-order valence-electron chi connectivity index (χ4n) is 10.7. The highest BCUT2D eigenvalue weighted by Crippen LogP contribution is 2.18. The van der Waals surface area contributed by atoms with Gasteiger partial charge in [0.15, 0.2) is 0 Å². The third-order valence-corrected chi connectivity index (χ3v) is 16.0. The molecule has 6 nitrogen and oxygen atoms in total. The fraction of sp³-hybridized carbons (Fsp3) is 0.913. The maximum Gasteiger partial charge on any atom is 0.305 e. The van der Waals surface area contributed by atoms with E-state index in [0.717, 1.165) is 38.5 Å². The molecule has 75 heavy (non-hydrogen) atoms. The molecule has 0 aromatic heterocycles. The smallest absolute Gasteiger partial charge is 0.305 e. The van der Waals surface area contributed by atoms with Crippen molar-refractivity contribution in [2.24, 2.45) is 0 Å². The minimum atomic E-state index is -0.839. The number of nitrogens with one attached hydrogen (secondary N) is 1. The monoisotopic (exact) mass is 1060 g/mol. The molecule has 6 heteroatoms. The average molecular weight is 1060 g/mol. The SMILES string of the molecule is CCCCCCCCC/C=C/C(O)C(CO)NC(=O)CCCCCCCCCCCCCCCCCCC/C=C\CCCCCCCCCCCCCCCCOC(=O)CCCCCCCCCCCCCCCC. The van der Waals surface area contributed by atoms with Crippen LogP contribution in [0.15, 0.2) is 24.3 Å². The fourth-order valence-corrected chi connectivity index (χ4v) is 10.7. The van der Waals surface area contributed by atoms with E-state index in [1.807, 2.05) is 6.08 Å². The molecule has 0 saturated heterocycles. The van der Waals surface area contributed by atoms with E-state index in [0.29, 0.717) is 19.4 Å². The Balaban J connectivity index is 3.31. The van der Waals surface area contributed by atoms with Gasteiger partial charge in [0.05, 0.1) is 25.4 Å². The number of amides is 1. The lowest BCUT2D eigenvalue weighted by atomic mass is 10.0. The third-order valence-electron chi connectivity index (χ3n) is 16.0. The second-order valence-electron chi connectivity index (χ2n) is 23.5. The van der Waals surface area contributed by atoms with Crippen molar-refractivity contribution in [3.8, 4) is 0 Å². The van der Waals surface area contributed by atoms with E-state index in [9.17, 15) is 19.8 Å². The van der Waals surface area contributed by atoms with Crippen LogP contribution in [-0.4, -0.2) is 47.4 Å². The van der Waals surface area contributed by atoms with Crippen LogP contribution in [-0.2, 0) is 14.3 Å². The van der Waals surface area contributed by atoms with Crippen LogP contribution in [0, 0.1) is 0 Å². The lowest BCUT2D eigenvalue weighted by Crippen LogP contribution is -2.45. The summed E-state index contributed by atoms with van der Waals surface area (Å²) in [4.78, 5) is 24.5. The van der Waals surface area contributed by atoms with Gasteiger partial charge < -0.3 is 20.3 Å². The summed E-state index contributed by atoms with van der Waals surface area (Å²) in [6.07, 6.45) is 81.3. The molecule has 0 aliphatic heterocycles. The van der Waals surface area contributed by atoms with E-state index in [1.165, 1.54) is 315 Å². The molecule has 0 aliphatic carbocycles. The summed E-state index contributed by atoms with van der Waals surface area (Å²) in [5.41, 5.74) is 0. The van der Waals surface area contributed by atoms with Crippen LogP contribution in [0.25, 0.3) is 0 Å². The highest BCUT2D eigenvalue weighted by Gasteiger charge is 2.18. The van der Waals surface area contributed by atoms with Crippen molar-refractivity contribution in [3.05, 3.63) is 24.3 Å². The van der Waals surface area contributed by atoms with Gasteiger partial charge in [-0.05, 0) is 57.8 Å². The molecule has 444 valence electrons. The molecule has 1 amide bonds. The predicted molar refractivity (Wildman–Crippen MR) is 329 cm³/mol. The molecule has 0 aromatic carbocycles. The minimum Gasteiger partial charge on any atom is -0.466 e. The lowest BCUT2D eigenvalue weighted by Gasteiger charge is -2.20. The number of aliphatic hydroxyl groups excluding tert-OH is 2. The van der Waals surface area contributed by atoms with E-state index >= 15 is 0 Å². The predicted octanol–water partition coefficient (Wildman–Crippen LogP) is 21.8. The van der Waals surface area contributed by atoms with E-state index in [-0.39, 0.29) is 18.5 Å². The largest absolute Gasteiger partial charge is 0.466 e. The molecule has 0 aromatic rings. The normalized spacial score (nSPS) is 12.6. The first-order chi connectivity index (χ1) is 37.0. The third kappa shape index (κ3) is 61.4. The molecule has 2 unspecified atom stereocenters. The van der Waals surface area contributed by atoms with Gasteiger partial charge in [-0.2, -0.15) is 0 Å². The zero-order valence-electron chi connectivity index (χ0n) is 50.8. The quantitative estimate of drug-likeness (QED) is 0.0320. The van der Waals surface area contributed by atoms with E-state index in [1.54, 1.807) is 6.08 Å². The zero-order chi connectivity index (χ0) is 54.3. The van der Waals surface area contributed by atoms with Crippen LogP contribution < -0.4 is 5.32 Å². The first kappa shape index (κ1) is 73.3. The Kier molecular flexibility index (Phi) is 63.4. The summed E-state index contributed by atoms with van der Waals surface area (Å²) in [5.74, 6) is -0.0431. The van der Waals surface area contributed by atoms with E-state index < -0.39 is 12.1 Å². The van der Waals surface area contributed by atoms with Gasteiger partial charge in [-0.25, -0.2) is 0 Å². The summed E-state index contributed by atoms with van der Waals surface area (Å²) < 4.78 is 5.49. The molecule has 0 rings (SSSR count). The number of hydrogen-bond acceptors (Lipinski definition) is 5. The van der Waals surface area contributed by atoms with Gasteiger partial charge in [0.25, 0.3) is 0 Å². The van der Waals surface area contributed by atoms with Gasteiger partial charge in [0, 0.05) is 12.8 Å². The van der Waals surface area contributed by atoms with Crippen LogP contribution in [0.5, 0.6) is 0 Å². The Morgan fingerprint density at radius 1 is 0.360 bits per heavy atom. The molecular weight excluding hydrogens is 923 g/mol. The molecule has 0 heterocycles. The van der Waals surface area contributed by atoms with Crippen molar-refractivity contribution in [3.63, 3.8) is 0 Å². The summed E-state index contributed by atoms with van der Waals surface area (Å²) in [7, 11) is 0. The zero-order valence-corrected chi connectivity index (χ0v) is 50.8. The second kappa shape index (κ2) is 64.9. The van der Waals surface area contributed by atoms with Crippen molar-refractivity contribution in [2.45, 2.75) is 392 Å². The Hall–Kier alpha value is -1.66. The summed E-state index contributed by atoms with van der Waals surface area (Å²) >= 11 is 0. The number of unbranched alkanes of at least 4 members (excludes halogenated alkanes) is 51. The minimum absolute atomic E-state index is 0.0226. The standard InChI is InChI=1S/C69H133NO5/c1-3-5-7-9-11-13-14-15-40-43-47-51-55-59-63-69(74)75-64-60-56-52-48-44-41-38-36-34-32-30-28-26-24-22-20-18-16-17-19-21-23-25-27-29-31-33-35-37-39-42-46-50-54-58-62-68(73)70-66(65-71)67(72)61-57-53-49-45-12-10-8-6-4-2/h18,20,57,61,66-67,71-72H,3-17,19,21-56,58-60,62-65H2,1-2H3,(H,70,73)/b20-18-,61-57+. The first-order valence-corrected chi connectivity index (χ1v) is 34.1. The van der Waals surface area contributed by atoms with Crippen molar-refractivity contribution in [1.29, 1.82) is 0 Å². The van der Waals surface area contributed by atoms with E-state index in [4.69, 9.17) is 4.74 Å². The maximum atomic E-state index is 12.4. The second-order valence-corrected chi connectivity index (χ2v) is 23.5. The number of rotatable bonds is 64. The van der Waals surface area contributed by atoms with Gasteiger partial charge in [0.2, 0.25) is 5.91 Å². The Labute approximate surface area is 469 Å². The summed E-state index contributed by atoms with van der Waals surface area (Å²) in [6, 6.07) is -0.622. The highest BCUT2D eigenvalue weighted by atomic mass is 16.5. The maximum absolute atomic E-state index is 12.4. The number of esters is 1. The highest BCUT2D eigenvalue weighted by molar-refractivity contribution is 5.76. The van der Waals surface area contributed by atoms with E-state index in [2.05, 4.69) is 31.3 Å². The Morgan fingerprint density at radius 2 is 0.627 bits per heavy atom. The summed E-state index contributed by atoms with van der Waals surface area (Å²) in [5, 5.41) is 23.0. The van der Waals surface area contributed by atoms with Gasteiger partial charge in [-0.15, -0.1) is 0 Å². The Morgan fingerprint density at radius 3 is 0.947 bits per heavy atom. The number of carbonyl (C=O) groups is 2.